The molecule has 166 valence electrons. The third-order valence-corrected chi connectivity index (χ3v) is 11.3. The van der Waals surface area contributed by atoms with Crippen LogP contribution in [0.1, 0.15) is 77.9 Å². The summed E-state index contributed by atoms with van der Waals surface area (Å²) < 4.78 is 6.82. The Morgan fingerprint density at radius 2 is 1.97 bits per heavy atom. The molecule has 5 heteroatoms. The van der Waals surface area contributed by atoms with Crippen molar-refractivity contribution in [2.24, 2.45) is 5.92 Å². The summed E-state index contributed by atoms with van der Waals surface area (Å²) in [7, 11) is -1.88. The van der Waals surface area contributed by atoms with Gasteiger partial charge >= 0.3 is 0 Å². The van der Waals surface area contributed by atoms with Crippen molar-refractivity contribution in [2.45, 2.75) is 98.4 Å². The fourth-order valence-corrected chi connectivity index (χ4v) is 4.78. The molecule has 0 aromatic carbocycles. The van der Waals surface area contributed by atoms with E-state index in [1.807, 2.05) is 6.92 Å². The Bertz CT molecular complexity index is 685. The zero-order valence-corrected chi connectivity index (χ0v) is 21.9. The maximum absolute atomic E-state index is 9.20. The van der Waals surface area contributed by atoms with E-state index in [-0.39, 0.29) is 17.7 Å². The van der Waals surface area contributed by atoms with Crippen molar-refractivity contribution < 1.29 is 9.53 Å². The highest BCUT2D eigenvalue weighted by Gasteiger charge is 2.39. The zero-order valence-electron chi connectivity index (χ0n) is 20.1. The van der Waals surface area contributed by atoms with Gasteiger partial charge in [-0.2, -0.15) is 0 Å². The van der Waals surface area contributed by atoms with Gasteiger partial charge in [0.2, 0.25) is 0 Å². The lowest BCUT2D eigenvalue weighted by atomic mass is 10.0. The Kier molecular flexibility index (Phi) is 10.5. The first-order valence-corrected chi connectivity index (χ1v) is 14.7. The maximum atomic E-state index is 9.20. The van der Waals surface area contributed by atoms with Crippen LogP contribution in [0.15, 0.2) is 22.6 Å². The van der Waals surface area contributed by atoms with Gasteiger partial charge in [-0.25, -0.2) is 4.98 Å². The van der Waals surface area contributed by atoms with Crippen molar-refractivity contribution in [3.63, 3.8) is 0 Å². The van der Waals surface area contributed by atoms with E-state index in [1.54, 1.807) is 11.3 Å². The monoisotopic (exact) mass is 437 g/mol. The molecule has 0 amide bonds. The summed E-state index contributed by atoms with van der Waals surface area (Å²) >= 11 is 1.69. The smallest absolute Gasteiger partial charge is 0.192 e. The number of aliphatic hydroxyl groups excluding tert-OH is 1. The van der Waals surface area contributed by atoms with Crippen molar-refractivity contribution in [1.82, 2.24) is 4.98 Å². The van der Waals surface area contributed by atoms with Crippen molar-refractivity contribution in [3.8, 4) is 0 Å². The van der Waals surface area contributed by atoms with E-state index in [2.05, 4.69) is 77.2 Å². The van der Waals surface area contributed by atoms with Crippen LogP contribution in [-0.4, -0.2) is 31.1 Å². The SMILES string of the molecule is CC(=CC[C@H](O[Si](C)(C)C(C)(C)C)C(C)=Cc1csc(C)n1)CCC[C@H](C)CO. The third-order valence-electron chi connectivity index (χ3n) is 6.02. The van der Waals surface area contributed by atoms with E-state index in [0.29, 0.717) is 5.92 Å². The number of aryl methyl sites for hydroxylation is 1. The van der Waals surface area contributed by atoms with Crippen LogP contribution in [0.4, 0.5) is 0 Å². The van der Waals surface area contributed by atoms with Crippen LogP contribution in [0.2, 0.25) is 18.1 Å². The molecule has 0 aliphatic rings. The summed E-state index contributed by atoms with van der Waals surface area (Å²) in [6.07, 6.45) is 8.82. The molecule has 2 atom stereocenters. The van der Waals surface area contributed by atoms with Crippen LogP contribution >= 0.6 is 11.3 Å². The number of nitrogens with zero attached hydrogens (tertiary/aromatic N) is 1. The second-order valence-corrected chi connectivity index (χ2v) is 15.8. The highest BCUT2D eigenvalue weighted by molar-refractivity contribution is 7.09. The highest BCUT2D eigenvalue weighted by Crippen LogP contribution is 2.38. The van der Waals surface area contributed by atoms with Crippen LogP contribution in [0.3, 0.4) is 0 Å². The molecule has 0 aliphatic heterocycles. The molecule has 0 spiro atoms. The Morgan fingerprint density at radius 1 is 1.31 bits per heavy atom. The molecule has 0 fully saturated rings. The molecule has 0 unspecified atom stereocenters. The predicted octanol–water partition coefficient (Wildman–Crippen LogP) is 7.38. The first-order chi connectivity index (χ1) is 13.4. The van der Waals surface area contributed by atoms with Gasteiger partial charge in [-0.05, 0) is 82.2 Å². The number of thiazole rings is 1. The molecular formula is C24H43NO2SSi. The van der Waals surface area contributed by atoms with E-state index in [0.717, 1.165) is 36.4 Å². The molecule has 0 aliphatic carbocycles. The van der Waals surface area contributed by atoms with Crippen molar-refractivity contribution in [2.75, 3.05) is 6.61 Å². The predicted molar refractivity (Wildman–Crippen MR) is 131 cm³/mol. The van der Waals surface area contributed by atoms with Crippen LogP contribution in [0.5, 0.6) is 0 Å². The van der Waals surface area contributed by atoms with Gasteiger partial charge in [0.25, 0.3) is 0 Å². The van der Waals surface area contributed by atoms with E-state index in [4.69, 9.17) is 4.43 Å². The molecule has 1 aromatic rings. The quantitative estimate of drug-likeness (QED) is 0.290. The van der Waals surface area contributed by atoms with Crippen molar-refractivity contribution >= 4 is 25.7 Å². The van der Waals surface area contributed by atoms with E-state index in [1.165, 1.54) is 11.1 Å². The lowest BCUT2D eigenvalue weighted by molar-refractivity contribution is 0.217. The summed E-state index contributed by atoms with van der Waals surface area (Å²) in [5.74, 6) is 0.393. The minimum absolute atomic E-state index is 0.0872. The van der Waals surface area contributed by atoms with Gasteiger partial charge < -0.3 is 9.53 Å². The first-order valence-electron chi connectivity index (χ1n) is 10.9. The van der Waals surface area contributed by atoms with Gasteiger partial charge in [-0.1, -0.05) is 39.3 Å². The molecule has 1 rings (SSSR count). The number of aromatic nitrogens is 1. The molecule has 0 saturated heterocycles. The minimum atomic E-state index is -1.88. The zero-order chi connectivity index (χ0) is 22.2. The Labute approximate surface area is 184 Å². The number of hydrogen-bond acceptors (Lipinski definition) is 4. The van der Waals surface area contributed by atoms with Gasteiger partial charge in [0.1, 0.15) is 0 Å². The molecule has 0 saturated carbocycles. The third kappa shape index (κ3) is 9.29. The van der Waals surface area contributed by atoms with Crippen LogP contribution in [-0.2, 0) is 4.43 Å². The average molecular weight is 438 g/mol. The fourth-order valence-electron chi connectivity index (χ4n) is 2.86. The summed E-state index contributed by atoms with van der Waals surface area (Å²) in [6.45, 7) is 20.4. The minimum Gasteiger partial charge on any atom is -0.410 e. The van der Waals surface area contributed by atoms with Gasteiger partial charge in [0.15, 0.2) is 8.32 Å². The van der Waals surface area contributed by atoms with Gasteiger partial charge in [0.05, 0.1) is 16.8 Å². The van der Waals surface area contributed by atoms with Gasteiger partial charge in [-0.15, -0.1) is 11.3 Å². The fraction of sp³-hybridized carbons (Fsp3) is 0.708. The van der Waals surface area contributed by atoms with Crippen LogP contribution < -0.4 is 0 Å². The Morgan fingerprint density at radius 3 is 2.48 bits per heavy atom. The largest absolute Gasteiger partial charge is 0.410 e. The first kappa shape index (κ1) is 26.3. The average Bonchev–Trinajstić information content (AvgIpc) is 3.01. The summed E-state index contributed by atoms with van der Waals surface area (Å²) in [5, 5.41) is 12.6. The van der Waals surface area contributed by atoms with Gasteiger partial charge in [0, 0.05) is 12.0 Å². The van der Waals surface area contributed by atoms with E-state index in [9.17, 15) is 5.11 Å². The number of aliphatic hydroxyl groups is 1. The van der Waals surface area contributed by atoms with Crippen molar-refractivity contribution in [1.29, 1.82) is 0 Å². The van der Waals surface area contributed by atoms with Crippen LogP contribution in [0.25, 0.3) is 6.08 Å². The topological polar surface area (TPSA) is 42.4 Å². The summed E-state index contributed by atoms with van der Waals surface area (Å²) in [6, 6.07) is 0. The lowest BCUT2D eigenvalue weighted by Gasteiger charge is -2.39. The number of allylic oxidation sites excluding steroid dienone is 1. The molecule has 1 aromatic heterocycles. The number of hydrogen-bond donors (Lipinski definition) is 1. The summed E-state index contributed by atoms with van der Waals surface area (Å²) in [5.41, 5.74) is 3.70. The molecule has 29 heavy (non-hydrogen) atoms. The summed E-state index contributed by atoms with van der Waals surface area (Å²) in [4.78, 5) is 4.60. The second kappa shape index (κ2) is 11.6. The van der Waals surface area contributed by atoms with E-state index < -0.39 is 8.32 Å². The molecule has 0 radical (unpaired) electrons. The molecule has 3 nitrogen and oxygen atoms in total. The molecular weight excluding hydrogens is 394 g/mol. The molecule has 0 bridgehead atoms. The second-order valence-electron chi connectivity index (χ2n) is 10.0. The highest BCUT2D eigenvalue weighted by atomic mass is 32.1. The van der Waals surface area contributed by atoms with Gasteiger partial charge in [-0.3, -0.25) is 0 Å². The maximum Gasteiger partial charge on any atom is 0.192 e. The molecule has 1 heterocycles. The standard InChI is InChI=1S/C24H43NO2SSi/c1-18(11-10-12-19(2)16-26)13-14-23(27-29(8,9)24(5,6)7)20(3)15-22-17-28-21(4)25-22/h13,15,17,19,23,26H,10-12,14,16H2,1-9H3/t19-,23-/m0/s1. The van der Waals surface area contributed by atoms with Crippen molar-refractivity contribution in [3.05, 3.63) is 33.3 Å². The molecule has 1 N–H and O–H groups in total. The van der Waals surface area contributed by atoms with E-state index >= 15 is 0 Å². The Hall–Kier alpha value is -0.753. The Balaban J connectivity index is 2.92. The lowest BCUT2D eigenvalue weighted by Crippen LogP contribution is -2.44. The van der Waals surface area contributed by atoms with Crippen LogP contribution in [0, 0.1) is 12.8 Å². The normalized spacial score (nSPS) is 16.2. The number of rotatable bonds is 11.